The maximum absolute atomic E-state index is 14.0. The van der Waals surface area contributed by atoms with Crippen molar-refractivity contribution in [1.29, 1.82) is 5.53 Å². The van der Waals surface area contributed by atoms with Crippen molar-refractivity contribution >= 4 is 21.9 Å². The first kappa shape index (κ1) is 18.5. The molecule has 1 saturated heterocycles. The van der Waals surface area contributed by atoms with E-state index in [2.05, 4.69) is 26.9 Å². The van der Waals surface area contributed by atoms with E-state index >= 15 is 0 Å². The van der Waals surface area contributed by atoms with E-state index in [1.165, 1.54) is 12.1 Å². The van der Waals surface area contributed by atoms with E-state index in [9.17, 15) is 4.39 Å². The molecule has 4 rings (SSSR count). The lowest BCUT2D eigenvalue weighted by Crippen LogP contribution is -2.27. The minimum absolute atomic E-state index is 0.158. The van der Waals surface area contributed by atoms with Crippen molar-refractivity contribution in [3.63, 3.8) is 0 Å². The third-order valence-electron chi connectivity index (χ3n) is 5.12. The second-order valence-electron chi connectivity index (χ2n) is 7.19. The summed E-state index contributed by atoms with van der Waals surface area (Å²) in [7, 11) is 0. The SMILES string of the molecule is C/C(=C/NCc1nc2cnc3ccc(F)cc3c2n1C1CCO[C@H](C)C1)N=N. The summed E-state index contributed by atoms with van der Waals surface area (Å²) in [4.78, 5) is 9.23. The van der Waals surface area contributed by atoms with E-state index in [-0.39, 0.29) is 18.0 Å². The number of nitrogens with one attached hydrogen (secondary N) is 2. The summed E-state index contributed by atoms with van der Waals surface area (Å²) >= 11 is 0. The Balaban J connectivity index is 1.87. The van der Waals surface area contributed by atoms with Gasteiger partial charge in [0.25, 0.3) is 0 Å². The first-order valence-electron chi connectivity index (χ1n) is 9.41. The molecule has 3 heterocycles. The number of rotatable bonds is 5. The minimum atomic E-state index is -0.287. The Labute approximate surface area is 162 Å². The lowest BCUT2D eigenvalue weighted by atomic mass is 10.0. The first-order valence-corrected chi connectivity index (χ1v) is 9.41. The molecule has 0 bridgehead atoms. The van der Waals surface area contributed by atoms with Gasteiger partial charge in [0.2, 0.25) is 0 Å². The minimum Gasteiger partial charge on any atom is -0.382 e. The van der Waals surface area contributed by atoms with Gasteiger partial charge in [0, 0.05) is 24.2 Å². The molecule has 7 nitrogen and oxygen atoms in total. The summed E-state index contributed by atoms with van der Waals surface area (Å²) in [5, 5.41) is 7.33. The van der Waals surface area contributed by atoms with Crippen LogP contribution in [0.4, 0.5) is 4.39 Å². The van der Waals surface area contributed by atoms with Gasteiger partial charge in [-0.2, -0.15) is 5.11 Å². The zero-order valence-electron chi connectivity index (χ0n) is 15.9. The molecule has 0 saturated carbocycles. The Morgan fingerprint density at radius 3 is 3.11 bits per heavy atom. The van der Waals surface area contributed by atoms with Crippen LogP contribution in [0.25, 0.3) is 21.9 Å². The van der Waals surface area contributed by atoms with Crippen LogP contribution < -0.4 is 5.32 Å². The maximum Gasteiger partial charge on any atom is 0.129 e. The summed E-state index contributed by atoms with van der Waals surface area (Å²) in [5.74, 6) is 0.562. The smallest absolute Gasteiger partial charge is 0.129 e. The van der Waals surface area contributed by atoms with Crippen LogP contribution in [-0.4, -0.2) is 27.2 Å². The number of allylic oxidation sites excluding steroid dienone is 1. The standard InChI is InChI=1S/C20H23FN6O/c1-12(26-22)9-23-11-19-25-18-10-24-17-4-3-14(21)8-16(17)20(18)27(19)15-5-6-28-13(2)7-15/h3-4,8-10,13,15,22-23H,5-7,11H2,1-2H3/b12-9-,26-22?/t13-,15?/m1/s1. The van der Waals surface area contributed by atoms with Crippen LogP contribution in [0.3, 0.4) is 0 Å². The summed E-state index contributed by atoms with van der Waals surface area (Å²) in [6, 6.07) is 4.88. The van der Waals surface area contributed by atoms with Crippen molar-refractivity contribution in [2.45, 2.75) is 45.4 Å². The Kier molecular flexibility index (Phi) is 5.04. The molecule has 146 valence electrons. The van der Waals surface area contributed by atoms with Crippen LogP contribution in [0.1, 0.15) is 38.6 Å². The molecule has 28 heavy (non-hydrogen) atoms. The normalized spacial score (nSPS) is 20.6. The molecule has 1 aliphatic heterocycles. The molecule has 1 fully saturated rings. The highest BCUT2D eigenvalue weighted by Gasteiger charge is 2.26. The quantitative estimate of drug-likeness (QED) is 0.638. The van der Waals surface area contributed by atoms with Gasteiger partial charge in [-0.25, -0.2) is 14.9 Å². The van der Waals surface area contributed by atoms with E-state index in [0.29, 0.717) is 18.8 Å². The van der Waals surface area contributed by atoms with Gasteiger partial charge in [0.1, 0.15) is 17.2 Å². The number of halogens is 1. The van der Waals surface area contributed by atoms with Crippen LogP contribution in [0.2, 0.25) is 0 Å². The predicted octanol–water partition coefficient (Wildman–Crippen LogP) is 4.45. The molecular weight excluding hydrogens is 359 g/mol. The highest BCUT2D eigenvalue weighted by molar-refractivity contribution is 6.02. The Bertz CT molecular complexity index is 1060. The highest BCUT2D eigenvalue weighted by Crippen LogP contribution is 2.33. The van der Waals surface area contributed by atoms with E-state index in [1.54, 1.807) is 25.4 Å². The average molecular weight is 382 g/mol. The van der Waals surface area contributed by atoms with Gasteiger partial charge in [-0.05, 0) is 44.9 Å². The second kappa shape index (κ2) is 7.63. The van der Waals surface area contributed by atoms with Crippen molar-refractivity contribution < 1.29 is 9.13 Å². The molecule has 1 aliphatic rings. The van der Waals surface area contributed by atoms with Crippen LogP contribution in [0.15, 0.2) is 41.4 Å². The number of hydrogen-bond acceptors (Lipinski definition) is 6. The Morgan fingerprint density at radius 1 is 1.46 bits per heavy atom. The molecular formula is C20H23FN6O. The van der Waals surface area contributed by atoms with Crippen LogP contribution in [0, 0.1) is 11.3 Å². The van der Waals surface area contributed by atoms with Crippen molar-refractivity contribution in [2.24, 2.45) is 5.11 Å². The predicted molar refractivity (Wildman–Crippen MR) is 104 cm³/mol. The summed E-state index contributed by atoms with van der Waals surface area (Å²) in [6.45, 7) is 4.99. The molecule has 0 amide bonds. The molecule has 2 aromatic heterocycles. The van der Waals surface area contributed by atoms with Gasteiger partial charge in [-0.3, -0.25) is 4.98 Å². The van der Waals surface area contributed by atoms with Crippen LogP contribution in [-0.2, 0) is 11.3 Å². The summed E-state index contributed by atoms with van der Waals surface area (Å²) < 4.78 is 22.0. The first-order chi connectivity index (χ1) is 13.6. The molecule has 8 heteroatoms. The highest BCUT2D eigenvalue weighted by atomic mass is 19.1. The number of hydrogen-bond donors (Lipinski definition) is 2. The zero-order valence-corrected chi connectivity index (χ0v) is 15.9. The number of ether oxygens (including phenoxy) is 1. The molecule has 1 unspecified atom stereocenters. The number of pyridine rings is 1. The van der Waals surface area contributed by atoms with Crippen molar-refractivity contribution in [3.05, 3.63) is 47.9 Å². The molecule has 2 N–H and O–H groups in total. The topological polar surface area (TPSA) is 88.2 Å². The van der Waals surface area contributed by atoms with Gasteiger partial charge in [0.15, 0.2) is 0 Å². The largest absolute Gasteiger partial charge is 0.382 e. The van der Waals surface area contributed by atoms with Crippen molar-refractivity contribution in [3.8, 4) is 0 Å². The molecule has 0 radical (unpaired) electrons. The average Bonchev–Trinajstić information content (AvgIpc) is 3.06. The fourth-order valence-corrected chi connectivity index (χ4v) is 3.85. The maximum atomic E-state index is 14.0. The van der Waals surface area contributed by atoms with Gasteiger partial charge in [0.05, 0.1) is 35.6 Å². The fourth-order valence-electron chi connectivity index (χ4n) is 3.85. The van der Waals surface area contributed by atoms with E-state index in [0.717, 1.165) is 40.6 Å². The molecule has 2 atom stereocenters. The third-order valence-corrected chi connectivity index (χ3v) is 5.12. The number of imidazole rings is 1. The monoisotopic (exact) mass is 382 g/mol. The van der Waals surface area contributed by atoms with Crippen LogP contribution in [0.5, 0.6) is 0 Å². The zero-order chi connectivity index (χ0) is 19.7. The Morgan fingerprint density at radius 2 is 2.32 bits per heavy atom. The molecule has 0 spiro atoms. The molecule has 3 aromatic rings. The number of fused-ring (bicyclic) bond motifs is 3. The Hall–Kier alpha value is -2.87. The van der Waals surface area contributed by atoms with Crippen LogP contribution >= 0.6 is 0 Å². The van der Waals surface area contributed by atoms with E-state index in [4.69, 9.17) is 15.3 Å². The number of benzene rings is 1. The van der Waals surface area contributed by atoms with Gasteiger partial charge < -0.3 is 14.6 Å². The van der Waals surface area contributed by atoms with Gasteiger partial charge in [-0.1, -0.05) is 0 Å². The third kappa shape index (κ3) is 3.47. The molecule has 1 aromatic carbocycles. The van der Waals surface area contributed by atoms with Crippen molar-refractivity contribution in [1.82, 2.24) is 19.9 Å². The molecule has 0 aliphatic carbocycles. The van der Waals surface area contributed by atoms with Gasteiger partial charge >= 0.3 is 0 Å². The lowest BCUT2D eigenvalue weighted by molar-refractivity contribution is 0.00622. The van der Waals surface area contributed by atoms with Gasteiger partial charge in [-0.15, -0.1) is 0 Å². The van der Waals surface area contributed by atoms with E-state index < -0.39 is 0 Å². The summed E-state index contributed by atoms with van der Waals surface area (Å²) in [6.07, 6.45) is 5.34. The lowest BCUT2D eigenvalue weighted by Gasteiger charge is -2.30. The van der Waals surface area contributed by atoms with Crippen molar-refractivity contribution in [2.75, 3.05) is 6.61 Å². The number of aromatic nitrogens is 3. The second-order valence-corrected chi connectivity index (χ2v) is 7.19. The number of nitrogens with zero attached hydrogens (tertiary/aromatic N) is 4. The summed E-state index contributed by atoms with van der Waals surface area (Å²) in [5.41, 5.74) is 10.0. The fraction of sp³-hybridized carbons (Fsp3) is 0.400. The van der Waals surface area contributed by atoms with E-state index in [1.807, 2.05) is 0 Å².